The Balaban J connectivity index is 2.01. The van der Waals surface area contributed by atoms with E-state index in [2.05, 4.69) is 5.32 Å². The molecule has 1 heterocycles. The van der Waals surface area contributed by atoms with Gasteiger partial charge in [0.1, 0.15) is 6.54 Å². The van der Waals surface area contributed by atoms with Gasteiger partial charge in [-0.25, -0.2) is 9.18 Å². The first kappa shape index (κ1) is 20.3. The molecule has 0 aliphatic rings. The predicted octanol–water partition coefficient (Wildman–Crippen LogP) is 2.92. The van der Waals surface area contributed by atoms with Crippen LogP contribution in [0.25, 0.3) is 10.9 Å². The maximum absolute atomic E-state index is 13.9. The van der Waals surface area contributed by atoms with Crippen molar-refractivity contribution in [2.75, 3.05) is 12.4 Å². The van der Waals surface area contributed by atoms with Crippen LogP contribution in [0.5, 0.6) is 5.75 Å². The number of amides is 1. The van der Waals surface area contributed by atoms with E-state index in [1.54, 1.807) is 31.2 Å². The summed E-state index contributed by atoms with van der Waals surface area (Å²) in [5.41, 5.74) is -0.327. The Hall–Kier alpha value is -3.42. The highest BCUT2D eigenvalue weighted by Crippen LogP contribution is 2.20. The second-order valence-electron chi connectivity index (χ2n) is 6.72. The number of carbonyl (C=O) groups is 1. The van der Waals surface area contributed by atoms with Gasteiger partial charge in [0.15, 0.2) is 11.6 Å². The molecular weight excluding hydrogens is 377 g/mol. The van der Waals surface area contributed by atoms with Crippen molar-refractivity contribution in [2.24, 2.45) is 0 Å². The Labute approximate surface area is 166 Å². The summed E-state index contributed by atoms with van der Waals surface area (Å²) < 4.78 is 21.1. The fraction of sp³-hybridized carbons (Fsp3) is 0.286. The molecule has 8 heteroatoms. The normalized spacial score (nSPS) is 12.0. The van der Waals surface area contributed by atoms with Crippen LogP contribution in [0, 0.1) is 5.82 Å². The number of hydrogen-bond donors (Lipinski definition) is 1. The third-order valence-electron chi connectivity index (χ3n) is 4.85. The lowest BCUT2D eigenvalue weighted by Gasteiger charge is -2.17. The van der Waals surface area contributed by atoms with Crippen molar-refractivity contribution in [3.8, 4) is 5.75 Å². The molecule has 0 saturated heterocycles. The van der Waals surface area contributed by atoms with Gasteiger partial charge in [-0.15, -0.1) is 0 Å². The van der Waals surface area contributed by atoms with Crippen LogP contribution >= 0.6 is 0 Å². The lowest BCUT2D eigenvalue weighted by atomic mass is 10.2. The molecule has 1 atom stereocenters. The number of nitrogens with zero attached hydrogens (tertiary/aromatic N) is 2. The first-order valence-electron chi connectivity index (χ1n) is 9.24. The first-order valence-corrected chi connectivity index (χ1v) is 9.24. The van der Waals surface area contributed by atoms with Gasteiger partial charge in [0.25, 0.3) is 5.56 Å². The smallest absolute Gasteiger partial charge is 0.332 e. The minimum atomic E-state index is -0.613. The van der Waals surface area contributed by atoms with Gasteiger partial charge in [-0.2, -0.15) is 0 Å². The van der Waals surface area contributed by atoms with Gasteiger partial charge in [0, 0.05) is 17.8 Å². The van der Waals surface area contributed by atoms with Crippen molar-refractivity contribution >= 4 is 22.5 Å². The molecule has 152 valence electrons. The number of para-hydroxylation sites is 1. The minimum absolute atomic E-state index is 0.0610. The van der Waals surface area contributed by atoms with E-state index in [0.29, 0.717) is 17.3 Å². The zero-order valence-corrected chi connectivity index (χ0v) is 16.4. The highest BCUT2D eigenvalue weighted by atomic mass is 19.1. The van der Waals surface area contributed by atoms with E-state index in [-0.39, 0.29) is 29.6 Å². The molecule has 0 unspecified atom stereocenters. The number of anilines is 1. The number of carbonyl (C=O) groups excluding carboxylic acids is 1. The summed E-state index contributed by atoms with van der Waals surface area (Å²) in [4.78, 5) is 38.3. The average molecular weight is 399 g/mol. The second-order valence-corrected chi connectivity index (χ2v) is 6.72. The molecule has 2 aromatic carbocycles. The largest absolute Gasteiger partial charge is 0.494 e. The van der Waals surface area contributed by atoms with Crippen LogP contribution in [0.4, 0.5) is 10.1 Å². The molecule has 0 saturated carbocycles. The minimum Gasteiger partial charge on any atom is -0.494 e. The van der Waals surface area contributed by atoms with E-state index < -0.39 is 17.4 Å². The van der Waals surface area contributed by atoms with E-state index in [1.807, 2.05) is 6.92 Å². The van der Waals surface area contributed by atoms with E-state index in [4.69, 9.17) is 4.74 Å². The van der Waals surface area contributed by atoms with E-state index in [0.717, 1.165) is 6.07 Å². The number of methoxy groups -OCH3 is 1. The molecule has 0 aliphatic carbocycles. The Bertz CT molecular complexity index is 1180. The molecule has 3 rings (SSSR count). The molecule has 7 nitrogen and oxygen atoms in total. The van der Waals surface area contributed by atoms with Gasteiger partial charge in [0.05, 0.1) is 18.0 Å². The van der Waals surface area contributed by atoms with Gasteiger partial charge in [-0.1, -0.05) is 19.1 Å². The molecule has 3 aromatic rings. The number of ether oxygens (including phenoxy) is 1. The summed E-state index contributed by atoms with van der Waals surface area (Å²) in [5.74, 6) is -1.07. The highest BCUT2D eigenvalue weighted by Gasteiger charge is 2.18. The van der Waals surface area contributed by atoms with E-state index >= 15 is 0 Å². The van der Waals surface area contributed by atoms with Gasteiger partial charge in [-0.3, -0.25) is 18.7 Å². The molecule has 0 aliphatic heterocycles. The quantitative estimate of drug-likeness (QED) is 0.691. The number of fused-ring (bicyclic) bond motifs is 1. The third kappa shape index (κ3) is 3.91. The van der Waals surface area contributed by atoms with Crippen LogP contribution in [0.3, 0.4) is 0 Å². The summed E-state index contributed by atoms with van der Waals surface area (Å²) in [5, 5.41) is 2.93. The SMILES string of the molecule is CC[C@H](C)n1c(=O)c2ccccc2n(CC(=O)Nc2ccc(OC)c(F)c2)c1=O. The van der Waals surface area contributed by atoms with E-state index in [1.165, 1.54) is 28.4 Å². The fourth-order valence-electron chi connectivity index (χ4n) is 3.15. The summed E-state index contributed by atoms with van der Waals surface area (Å²) >= 11 is 0. The molecular formula is C21H22FN3O4. The number of hydrogen-bond acceptors (Lipinski definition) is 4. The van der Waals surface area contributed by atoms with Gasteiger partial charge in [-0.05, 0) is 37.6 Å². The van der Waals surface area contributed by atoms with Gasteiger partial charge in [0.2, 0.25) is 5.91 Å². The number of rotatable bonds is 6. The summed E-state index contributed by atoms with van der Waals surface area (Å²) in [6.45, 7) is 3.34. The average Bonchev–Trinajstić information content (AvgIpc) is 2.71. The molecule has 29 heavy (non-hydrogen) atoms. The molecule has 0 spiro atoms. The lowest BCUT2D eigenvalue weighted by molar-refractivity contribution is -0.116. The van der Waals surface area contributed by atoms with Crippen molar-refractivity contribution in [1.29, 1.82) is 0 Å². The topological polar surface area (TPSA) is 82.3 Å². The Morgan fingerprint density at radius 2 is 1.93 bits per heavy atom. The highest BCUT2D eigenvalue weighted by molar-refractivity contribution is 5.91. The second kappa shape index (κ2) is 8.30. The summed E-state index contributed by atoms with van der Waals surface area (Å²) in [6, 6.07) is 10.4. The van der Waals surface area contributed by atoms with Gasteiger partial charge >= 0.3 is 5.69 Å². The predicted molar refractivity (Wildman–Crippen MR) is 109 cm³/mol. The Morgan fingerprint density at radius 3 is 2.59 bits per heavy atom. The van der Waals surface area contributed by atoms with Crippen molar-refractivity contribution in [1.82, 2.24) is 9.13 Å². The lowest BCUT2D eigenvalue weighted by Crippen LogP contribution is -2.43. The summed E-state index contributed by atoms with van der Waals surface area (Å²) in [7, 11) is 1.35. The van der Waals surface area contributed by atoms with Gasteiger partial charge < -0.3 is 10.1 Å². The number of nitrogens with one attached hydrogen (secondary N) is 1. The molecule has 1 N–H and O–H groups in total. The zero-order chi connectivity index (χ0) is 21.1. The molecule has 1 aromatic heterocycles. The molecule has 1 amide bonds. The van der Waals surface area contributed by atoms with Crippen LogP contribution in [0.15, 0.2) is 52.1 Å². The monoisotopic (exact) mass is 399 g/mol. The number of halogens is 1. The number of aromatic nitrogens is 2. The zero-order valence-electron chi connectivity index (χ0n) is 16.4. The van der Waals surface area contributed by atoms with Crippen LogP contribution in [0.2, 0.25) is 0 Å². The van der Waals surface area contributed by atoms with Crippen molar-refractivity contribution in [3.05, 3.63) is 69.1 Å². The first-order chi connectivity index (χ1) is 13.9. The fourth-order valence-corrected chi connectivity index (χ4v) is 3.15. The third-order valence-corrected chi connectivity index (χ3v) is 4.85. The maximum atomic E-state index is 13.9. The van der Waals surface area contributed by atoms with Crippen LogP contribution in [0.1, 0.15) is 26.3 Å². The van der Waals surface area contributed by atoms with Crippen LogP contribution in [-0.4, -0.2) is 22.2 Å². The van der Waals surface area contributed by atoms with E-state index in [9.17, 15) is 18.8 Å². The maximum Gasteiger partial charge on any atom is 0.332 e. The Morgan fingerprint density at radius 1 is 1.21 bits per heavy atom. The van der Waals surface area contributed by atoms with Crippen molar-refractivity contribution < 1.29 is 13.9 Å². The Kier molecular flexibility index (Phi) is 5.81. The van der Waals surface area contributed by atoms with Crippen LogP contribution < -0.4 is 21.3 Å². The van der Waals surface area contributed by atoms with Crippen LogP contribution in [-0.2, 0) is 11.3 Å². The summed E-state index contributed by atoms with van der Waals surface area (Å²) in [6.07, 6.45) is 0.588. The molecule has 0 fully saturated rings. The van der Waals surface area contributed by atoms with Crippen molar-refractivity contribution in [2.45, 2.75) is 32.9 Å². The number of benzene rings is 2. The standard InChI is InChI=1S/C21H22FN3O4/c1-4-13(2)25-20(27)15-7-5-6-8-17(15)24(21(25)28)12-19(26)23-14-9-10-18(29-3)16(22)11-14/h5-11,13H,4,12H2,1-3H3,(H,23,26)/t13-/m0/s1. The molecule has 0 bridgehead atoms. The van der Waals surface area contributed by atoms with Crippen molar-refractivity contribution in [3.63, 3.8) is 0 Å². The molecule has 0 radical (unpaired) electrons.